The molecule has 0 radical (unpaired) electrons. The van der Waals surface area contributed by atoms with E-state index in [1.165, 1.54) is 231 Å². The molecular weight excluding hydrogens is 973 g/mol. The van der Waals surface area contributed by atoms with Gasteiger partial charge in [0.15, 0.2) is 6.10 Å². The summed E-state index contributed by atoms with van der Waals surface area (Å²) < 4.78 is 16.8. The summed E-state index contributed by atoms with van der Waals surface area (Å²) in [6.45, 7) is 6.51. The first kappa shape index (κ1) is 75.8. The number of ether oxygens (including phenoxy) is 3. The first-order valence-corrected chi connectivity index (χ1v) is 34.4. The van der Waals surface area contributed by atoms with Crippen molar-refractivity contribution in [1.29, 1.82) is 0 Å². The van der Waals surface area contributed by atoms with Gasteiger partial charge in [-0.2, -0.15) is 0 Å². The lowest BCUT2D eigenvalue weighted by Crippen LogP contribution is -2.30. The van der Waals surface area contributed by atoms with Gasteiger partial charge >= 0.3 is 17.9 Å². The first-order chi connectivity index (χ1) is 39.0. The SMILES string of the molecule is CC/C=C\C/C=C\C/C=C\C/C=C\C/C=C\C/C=C\CCC(=O)OC(COC(=O)CCCCCCCCCCCCC)COC(=O)CCCCCCCCCCCCCCCCCCCCCCCCCCCCCCCCC. The zero-order valence-corrected chi connectivity index (χ0v) is 52.6. The Morgan fingerprint density at radius 2 is 0.494 bits per heavy atom. The van der Waals surface area contributed by atoms with Gasteiger partial charge in [0.25, 0.3) is 0 Å². The second-order valence-corrected chi connectivity index (χ2v) is 23.1. The van der Waals surface area contributed by atoms with Crippen molar-refractivity contribution in [2.75, 3.05) is 13.2 Å². The topological polar surface area (TPSA) is 78.9 Å². The minimum Gasteiger partial charge on any atom is -0.462 e. The van der Waals surface area contributed by atoms with Crippen LogP contribution in [0.15, 0.2) is 72.9 Å². The fourth-order valence-corrected chi connectivity index (χ4v) is 10.1. The van der Waals surface area contributed by atoms with Crippen LogP contribution < -0.4 is 0 Å². The molecule has 0 fully saturated rings. The lowest BCUT2D eigenvalue weighted by Gasteiger charge is -2.18. The monoisotopic (exact) mass is 1100 g/mol. The first-order valence-electron chi connectivity index (χ1n) is 34.4. The number of carbonyl (C=O) groups excluding carboxylic acids is 3. The van der Waals surface area contributed by atoms with E-state index in [0.717, 1.165) is 77.0 Å². The van der Waals surface area contributed by atoms with E-state index >= 15 is 0 Å². The summed E-state index contributed by atoms with van der Waals surface area (Å²) in [6.07, 6.45) is 88.2. The van der Waals surface area contributed by atoms with E-state index in [0.29, 0.717) is 19.3 Å². The quantitative estimate of drug-likeness (QED) is 0.0261. The van der Waals surface area contributed by atoms with E-state index in [1.54, 1.807) is 0 Å². The number of hydrogen-bond donors (Lipinski definition) is 0. The number of carbonyl (C=O) groups is 3. The van der Waals surface area contributed by atoms with Crippen LogP contribution in [0.1, 0.15) is 355 Å². The van der Waals surface area contributed by atoms with Crippen molar-refractivity contribution in [1.82, 2.24) is 0 Å². The molecule has 0 N–H and O–H groups in total. The highest BCUT2D eigenvalue weighted by Gasteiger charge is 2.19. The molecule has 1 unspecified atom stereocenters. The summed E-state index contributed by atoms with van der Waals surface area (Å²) in [5, 5.41) is 0. The summed E-state index contributed by atoms with van der Waals surface area (Å²) in [4.78, 5) is 38.2. The molecule has 6 heteroatoms. The Kier molecular flexibility index (Phi) is 64.7. The van der Waals surface area contributed by atoms with E-state index in [-0.39, 0.29) is 37.5 Å². The van der Waals surface area contributed by atoms with Crippen molar-refractivity contribution in [3.05, 3.63) is 72.9 Å². The van der Waals surface area contributed by atoms with E-state index < -0.39 is 6.10 Å². The second-order valence-electron chi connectivity index (χ2n) is 23.1. The van der Waals surface area contributed by atoms with Crippen molar-refractivity contribution in [2.24, 2.45) is 0 Å². The van der Waals surface area contributed by atoms with E-state index in [1.807, 2.05) is 6.08 Å². The highest BCUT2D eigenvalue weighted by molar-refractivity contribution is 5.71. The van der Waals surface area contributed by atoms with Crippen LogP contribution in [-0.2, 0) is 28.6 Å². The Morgan fingerprint density at radius 1 is 0.266 bits per heavy atom. The number of allylic oxidation sites excluding steroid dienone is 12. The molecule has 0 aromatic heterocycles. The van der Waals surface area contributed by atoms with Crippen LogP contribution in [0, 0.1) is 0 Å². The Labute approximate surface area is 491 Å². The average Bonchev–Trinajstić information content (AvgIpc) is 3.45. The molecule has 1 atom stereocenters. The maximum atomic E-state index is 12.9. The number of unbranched alkanes of at least 4 members (excludes halogenated alkanes) is 40. The standard InChI is InChI=1S/C73H130O6/c1-4-7-10-13-16-19-22-24-26-28-30-31-32-33-34-35-36-37-38-39-40-41-43-44-46-48-51-54-57-60-63-66-72(75)78-69-70(68-77-71(74)65-62-59-56-53-50-21-18-15-12-9-6-3)79-73(76)67-64-61-58-55-52-49-47-45-42-29-27-25-23-20-17-14-11-8-5-2/h8,11,17,20,25,27,42,45,49,52,58,61,70H,4-7,9-10,12-16,18-19,21-24,26,28-41,43-44,46-48,50-51,53-57,59-60,62-69H2,1-3H3/b11-8-,20-17-,27-25-,45-42-,52-49-,61-58-. The van der Waals surface area contributed by atoms with E-state index in [9.17, 15) is 14.4 Å². The Bertz CT molecular complexity index is 1450. The smallest absolute Gasteiger partial charge is 0.306 e. The number of rotatable bonds is 63. The molecule has 79 heavy (non-hydrogen) atoms. The molecule has 458 valence electrons. The van der Waals surface area contributed by atoms with Gasteiger partial charge in [-0.05, 0) is 57.8 Å². The zero-order chi connectivity index (χ0) is 57.1. The molecule has 0 spiro atoms. The molecule has 0 saturated heterocycles. The molecule has 0 rings (SSSR count). The van der Waals surface area contributed by atoms with Gasteiger partial charge in [-0.3, -0.25) is 14.4 Å². The van der Waals surface area contributed by atoms with Gasteiger partial charge in [0.05, 0.1) is 0 Å². The summed E-state index contributed by atoms with van der Waals surface area (Å²) >= 11 is 0. The normalized spacial score (nSPS) is 12.5. The summed E-state index contributed by atoms with van der Waals surface area (Å²) in [6, 6.07) is 0. The molecule has 0 aliphatic rings. The minimum absolute atomic E-state index is 0.101. The van der Waals surface area contributed by atoms with E-state index in [2.05, 4.69) is 87.6 Å². The second kappa shape index (κ2) is 67.4. The molecule has 0 aromatic carbocycles. The van der Waals surface area contributed by atoms with Crippen LogP contribution in [0.25, 0.3) is 0 Å². The van der Waals surface area contributed by atoms with Gasteiger partial charge in [-0.1, -0.05) is 351 Å². The molecule has 0 bridgehead atoms. The van der Waals surface area contributed by atoms with Gasteiger partial charge < -0.3 is 14.2 Å². The van der Waals surface area contributed by atoms with Crippen molar-refractivity contribution in [3.8, 4) is 0 Å². The molecular formula is C73H130O6. The lowest BCUT2D eigenvalue weighted by molar-refractivity contribution is -0.166. The number of esters is 3. The molecule has 6 nitrogen and oxygen atoms in total. The zero-order valence-electron chi connectivity index (χ0n) is 52.6. The average molecular weight is 1100 g/mol. The van der Waals surface area contributed by atoms with Crippen LogP contribution in [-0.4, -0.2) is 37.2 Å². The largest absolute Gasteiger partial charge is 0.462 e. The fourth-order valence-electron chi connectivity index (χ4n) is 10.1. The van der Waals surface area contributed by atoms with Crippen molar-refractivity contribution in [3.63, 3.8) is 0 Å². The summed E-state index contributed by atoms with van der Waals surface area (Å²) in [5.41, 5.74) is 0. The molecule has 0 aliphatic heterocycles. The van der Waals surface area contributed by atoms with Crippen LogP contribution in [0.2, 0.25) is 0 Å². The fraction of sp³-hybridized carbons (Fsp3) is 0.795. The van der Waals surface area contributed by atoms with Crippen LogP contribution in [0.3, 0.4) is 0 Å². The third-order valence-corrected chi connectivity index (χ3v) is 15.2. The minimum atomic E-state index is -0.814. The Hall–Kier alpha value is -3.15. The maximum Gasteiger partial charge on any atom is 0.306 e. The third kappa shape index (κ3) is 65.5. The van der Waals surface area contributed by atoms with Gasteiger partial charge in [0.2, 0.25) is 0 Å². The lowest BCUT2D eigenvalue weighted by atomic mass is 10.0. The summed E-state index contributed by atoms with van der Waals surface area (Å²) in [7, 11) is 0. The highest BCUT2D eigenvalue weighted by Crippen LogP contribution is 2.18. The molecule has 0 amide bonds. The number of hydrogen-bond acceptors (Lipinski definition) is 6. The van der Waals surface area contributed by atoms with Gasteiger partial charge in [0.1, 0.15) is 13.2 Å². The highest BCUT2D eigenvalue weighted by atomic mass is 16.6. The molecule has 0 heterocycles. The van der Waals surface area contributed by atoms with Crippen molar-refractivity contribution < 1.29 is 28.6 Å². The van der Waals surface area contributed by atoms with Crippen molar-refractivity contribution in [2.45, 2.75) is 361 Å². The van der Waals surface area contributed by atoms with Crippen LogP contribution in [0.5, 0.6) is 0 Å². The Morgan fingerprint density at radius 3 is 0.747 bits per heavy atom. The Balaban J connectivity index is 4.19. The predicted octanol–water partition coefficient (Wildman–Crippen LogP) is 23.7. The summed E-state index contributed by atoms with van der Waals surface area (Å²) in [5.74, 6) is -0.970. The van der Waals surface area contributed by atoms with Crippen LogP contribution >= 0.6 is 0 Å². The predicted molar refractivity (Wildman–Crippen MR) is 344 cm³/mol. The van der Waals surface area contributed by atoms with Gasteiger partial charge in [0, 0.05) is 19.3 Å². The molecule has 0 saturated carbocycles. The van der Waals surface area contributed by atoms with Gasteiger partial charge in [-0.15, -0.1) is 0 Å². The van der Waals surface area contributed by atoms with E-state index in [4.69, 9.17) is 14.2 Å². The van der Waals surface area contributed by atoms with Crippen molar-refractivity contribution >= 4 is 17.9 Å². The maximum absolute atomic E-state index is 12.9. The third-order valence-electron chi connectivity index (χ3n) is 15.2. The molecule has 0 aromatic rings. The van der Waals surface area contributed by atoms with Gasteiger partial charge in [-0.25, -0.2) is 0 Å². The molecule has 0 aliphatic carbocycles. The van der Waals surface area contributed by atoms with Crippen LogP contribution in [0.4, 0.5) is 0 Å².